The molecule has 8 nitrogen and oxygen atoms in total. The number of ketones is 1. The van der Waals surface area contributed by atoms with E-state index in [0.717, 1.165) is 49.3 Å². The fourth-order valence-corrected chi connectivity index (χ4v) is 6.93. The number of amides is 2. The Balaban J connectivity index is 1.54. The summed E-state index contributed by atoms with van der Waals surface area (Å²) in [6, 6.07) is 6.59. The molecule has 2 aliphatic heterocycles. The van der Waals surface area contributed by atoms with Gasteiger partial charge in [0.15, 0.2) is 0 Å². The Morgan fingerprint density at radius 1 is 1.02 bits per heavy atom. The van der Waals surface area contributed by atoms with Gasteiger partial charge < -0.3 is 15.5 Å². The summed E-state index contributed by atoms with van der Waals surface area (Å²) < 4.78 is 0. The third-order valence-corrected chi connectivity index (χ3v) is 9.86. The number of aromatic nitrogens is 1. The van der Waals surface area contributed by atoms with Crippen molar-refractivity contribution in [1.82, 2.24) is 25.4 Å². The minimum atomic E-state index is -0.586. The lowest BCUT2D eigenvalue weighted by atomic mass is 9.86. The lowest BCUT2D eigenvalue weighted by molar-refractivity contribution is -0.140. The molecule has 2 saturated heterocycles. The van der Waals surface area contributed by atoms with Crippen LogP contribution in [0.2, 0.25) is 0 Å². The van der Waals surface area contributed by atoms with E-state index >= 15 is 0 Å². The zero-order chi connectivity index (χ0) is 30.8. The molecular weight excluding hydrogens is 546 g/mol. The highest BCUT2D eigenvalue weighted by Gasteiger charge is 2.41. The lowest BCUT2D eigenvalue weighted by Crippen LogP contribution is -2.57. The maximum atomic E-state index is 14.2. The summed E-state index contributed by atoms with van der Waals surface area (Å²) in [7, 11) is 1.75. The normalized spacial score (nSPS) is 20.4. The zero-order valence-electron chi connectivity index (χ0n) is 26.6. The molecule has 4 rings (SSSR count). The van der Waals surface area contributed by atoms with E-state index in [1.807, 2.05) is 41.5 Å². The fourth-order valence-electron chi connectivity index (χ4n) is 5.98. The molecule has 2 aromatic rings. The molecule has 2 N–H and O–H groups in total. The van der Waals surface area contributed by atoms with Gasteiger partial charge in [0.2, 0.25) is 17.6 Å². The Morgan fingerprint density at radius 3 is 2.33 bits per heavy atom. The number of piperidine rings is 1. The van der Waals surface area contributed by atoms with E-state index in [9.17, 15) is 14.4 Å². The molecule has 1 aromatic heterocycles. The molecule has 0 radical (unpaired) electrons. The van der Waals surface area contributed by atoms with Gasteiger partial charge in [0.05, 0.1) is 12.1 Å². The highest BCUT2D eigenvalue weighted by molar-refractivity contribution is 7.10. The van der Waals surface area contributed by atoms with Crippen LogP contribution in [0.15, 0.2) is 29.6 Å². The topological polar surface area (TPSA) is 94.6 Å². The number of rotatable bonds is 8. The molecule has 2 aliphatic rings. The fraction of sp³-hybridized carbons (Fsp3) is 0.636. The average Bonchev–Trinajstić information content (AvgIpc) is 3.64. The van der Waals surface area contributed by atoms with Crippen LogP contribution in [0.4, 0.5) is 0 Å². The number of likely N-dealkylation sites (N-methyl/N-ethyl adjacent to an activating group) is 1. The highest BCUT2D eigenvalue weighted by atomic mass is 32.1. The number of thiazole rings is 1. The van der Waals surface area contributed by atoms with Crippen molar-refractivity contribution in [3.63, 3.8) is 0 Å². The molecule has 2 amide bonds. The molecule has 42 heavy (non-hydrogen) atoms. The number of carbonyl (C=O) groups excluding carboxylic acids is 3. The van der Waals surface area contributed by atoms with E-state index in [-0.39, 0.29) is 40.5 Å². The third kappa shape index (κ3) is 7.29. The number of hydrogen-bond donors (Lipinski definition) is 2. The van der Waals surface area contributed by atoms with Crippen molar-refractivity contribution < 1.29 is 14.4 Å². The molecule has 0 unspecified atom stereocenters. The van der Waals surface area contributed by atoms with Crippen LogP contribution in [-0.4, -0.2) is 76.7 Å². The molecule has 9 heteroatoms. The van der Waals surface area contributed by atoms with Crippen LogP contribution in [0, 0.1) is 5.92 Å². The summed E-state index contributed by atoms with van der Waals surface area (Å²) in [5.41, 5.74) is 2.16. The van der Waals surface area contributed by atoms with Crippen LogP contribution in [0.3, 0.4) is 0 Å². The minimum Gasteiger partial charge on any atom is -0.343 e. The number of nitrogens with one attached hydrogen (secondary N) is 2. The Bertz CT molecular complexity index is 1270. The van der Waals surface area contributed by atoms with E-state index < -0.39 is 12.1 Å². The smallest absolute Gasteiger partial charge is 0.246 e. The van der Waals surface area contributed by atoms with Crippen LogP contribution in [0.5, 0.6) is 0 Å². The Kier molecular flexibility index (Phi) is 9.95. The second kappa shape index (κ2) is 12.9. The average molecular weight is 596 g/mol. The maximum Gasteiger partial charge on any atom is 0.246 e. The van der Waals surface area contributed by atoms with Gasteiger partial charge in [-0.3, -0.25) is 19.3 Å². The van der Waals surface area contributed by atoms with Gasteiger partial charge in [0.25, 0.3) is 0 Å². The van der Waals surface area contributed by atoms with Crippen molar-refractivity contribution in [2.24, 2.45) is 5.92 Å². The molecule has 230 valence electrons. The van der Waals surface area contributed by atoms with Crippen LogP contribution >= 0.6 is 11.3 Å². The summed E-state index contributed by atoms with van der Waals surface area (Å²) in [4.78, 5) is 49.8. The monoisotopic (exact) mass is 595 g/mol. The maximum absolute atomic E-state index is 14.2. The molecule has 0 spiro atoms. The summed E-state index contributed by atoms with van der Waals surface area (Å²) in [6.45, 7) is 17.3. The van der Waals surface area contributed by atoms with Gasteiger partial charge in [-0.2, -0.15) is 0 Å². The van der Waals surface area contributed by atoms with Crippen molar-refractivity contribution in [1.29, 1.82) is 0 Å². The van der Waals surface area contributed by atoms with Gasteiger partial charge >= 0.3 is 0 Å². The first kappa shape index (κ1) is 32.3. The van der Waals surface area contributed by atoms with E-state index in [2.05, 4.69) is 57.1 Å². The lowest BCUT2D eigenvalue weighted by Gasteiger charge is -2.43. The van der Waals surface area contributed by atoms with Crippen LogP contribution in [-0.2, 0) is 15.0 Å². The highest BCUT2D eigenvalue weighted by Crippen LogP contribution is 2.36. The molecule has 2 fully saturated rings. The van der Waals surface area contributed by atoms with E-state index in [4.69, 9.17) is 4.98 Å². The van der Waals surface area contributed by atoms with Crippen molar-refractivity contribution >= 4 is 28.9 Å². The molecule has 3 heterocycles. The molecule has 1 aromatic carbocycles. The molecule has 3 atom stereocenters. The first-order valence-corrected chi connectivity index (χ1v) is 16.2. The van der Waals surface area contributed by atoms with Crippen molar-refractivity contribution in [3.05, 3.63) is 51.5 Å². The summed E-state index contributed by atoms with van der Waals surface area (Å²) in [5, 5.41) is 8.72. The quantitative estimate of drug-likeness (QED) is 0.420. The van der Waals surface area contributed by atoms with Gasteiger partial charge in [-0.15, -0.1) is 11.3 Å². The van der Waals surface area contributed by atoms with Gasteiger partial charge in [0, 0.05) is 23.0 Å². The first-order chi connectivity index (χ1) is 19.7. The van der Waals surface area contributed by atoms with E-state index in [1.165, 1.54) is 11.3 Å². The number of hydrogen-bond acceptors (Lipinski definition) is 7. The van der Waals surface area contributed by atoms with Gasteiger partial charge in [-0.25, -0.2) is 4.98 Å². The summed E-state index contributed by atoms with van der Waals surface area (Å²) >= 11 is 1.44. The third-order valence-electron chi connectivity index (χ3n) is 8.92. The predicted octanol–water partition coefficient (Wildman–Crippen LogP) is 4.94. The number of carbonyl (C=O) groups is 3. The van der Waals surface area contributed by atoms with Crippen LogP contribution in [0.25, 0.3) is 0 Å². The molecule has 0 saturated carbocycles. The summed E-state index contributed by atoms with van der Waals surface area (Å²) in [5.74, 6) is -0.237. The minimum absolute atomic E-state index is 0.0377. The number of likely N-dealkylation sites (tertiary alicyclic amines) is 2. The first-order valence-electron chi connectivity index (χ1n) is 15.3. The second-order valence-corrected chi connectivity index (χ2v) is 14.8. The molecule has 0 aliphatic carbocycles. The van der Waals surface area contributed by atoms with Crippen molar-refractivity contribution in [2.45, 2.75) is 103 Å². The summed E-state index contributed by atoms with van der Waals surface area (Å²) in [6.07, 6.45) is 3.36. The van der Waals surface area contributed by atoms with E-state index in [1.54, 1.807) is 7.05 Å². The van der Waals surface area contributed by atoms with Gasteiger partial charge in [0.1, 0.15) is 16.7 Å². The molecular formula is C33H49N5O3S. The Labute approximate surface area is 255 Å². The Hall–Kier alpha value is -2.62. The Morgan fingerprint density at radius 2 is 1.71 bits per heavy atom. The number of benzene rings is 1. The zero-order valence-corrected chi connectivity index (χ0v) is 27.4. The number of nitrogens with zero attached hydrogens (tertiary/aromatic N) is 3. The standard InChI is InChI=1S/C33H49N5O3S/c1-21(34-8)29(40)36-27(22-14-17-37(18-15-22)33(5,6)7)31(41)38-16-10-13-26(38)30-35-25(20-42-30)28(39)23-11-9-12-24(19-23)32(2,3)4/h9,11-12,19-22,26-27,34H,10,13-18H2,1-8H3,(H,36,40)/t21-,26-,27-/m0/s1. The second-order valence-electron chi connectivity index (χ2n) is 13.9. The van der Waals surface area contributed by atoms with E-state index in [0.29, 0.717) is 17.8 Å². The van der Waals surface area contributed by atoms with Gasteiger partial charge in [-0.05, 0) is 96.5 Å². The SMILES string of the molecule is CN[C@@H](C)C(=O)N[C@H](C(=O)N1CCC[C@H]1c1nc(C(=O)c2cccc(C(C)(C)C)c2)cs1)C1CCN(C(C)(C)C)CC1. The van der Waals surface area contributed by atoms with Crippen molar-refractivity contribution in [3.8, 4) is 0 Å². The molecule has 0 bridgehead atoms. The van der Waals surface area contributed by atoms with Crippen LogP contribution in [0.1, 0.15) is 107 Å². The van der Waals surface area contributed by atoms with Crippen molar-refractivity contribution in [2.75, 3.05) is 26.7 Å². The predicted molar refractivity (Wildman–Crippen MR) is 169 cm³/mol. The largest absolute Gasteiger partial charge is 0.343 e. The van der Waals surface area contributed by atoms with Gasteiger partial charge in [-0.1, -0.05) is 39.0 Å². The van der Waals surface area contributed by atoms with Crippen LogP contribution < -0.4 is 10.6 Å².